The van der Waals surface area contributed by atoms with Gasteiger partial charge in [-0.2, -0.15) is 0 Å². The summed E-state index contributed by atoms with van der Waals surface area (Å²) in [5.41, 5.74) is 2.20. The lowest BCUT2D eigenvalue weighted by molar-refractivity contribution is 0.599. The second kappa shape index (κ2) is 8.74. The maximum Gasteiger partial charge on any atom is 0.257 e. The van der Waals surface area contributed by atoms with E-state index in [9.17, 15) is 8.42 Å². The zero-order valence-electron chi connectivity index (χ0n) is 14.3. The molecule has 0 N–H and O–H groups in total. The summed E-state index contributed by atoms with van der Waals surface area (Å²) in [7, 11) is -3.72. The van der Waals surface area contributed by atoms with Crippen LogP contribution in [-0.4, -0.2) is 8.42 Å². The largest absolute Gasteiger partial charge is 0.262 e. The molecule has 0 aliphatic rings. The van der Waals surface area contributed by atoms with Gasteiger partial charge in [-0.3, -0.25) is 4.31 Å². The van der Waals surface area contributed by atoms with Crippen molar-refractivity contribution in [2.75, 3.05) is 4.31 Å². The molecule has 6 heteroatoms. The molecule has 0 atom stereocenters. The molecule has 0 aromatic heterocycles. The Morgan fingerprint density at radius 2 is 1.67 bits per heavy atom. The molecule has 0 radical (unpaired) electrons. The molecular weight excluding hydrogens is 446 g/mol. The number of hydrogen-bond donors (Lipinski definition) is 0. The summed E-state index contributed by atoms with van der Waals surface area (Å²) in [6.45, 7) is 0.215. The number of hydrogen-bond acceptors (Lipinski definition) is 2. The highest BCUT2D eigenvalue weighted by Crippen LogP contribution is 2.25. The molecule has 0 aliphatic carbocycles. The summed E-state index contributed by atoms with van der Waals surface area (Å²) in [4.78, 5) is 0. The molecule has 27 heavy (non-hydrogen) atoms. The van der Waals surface area contributed by atoms with Crippen LogP contribution < -0.4 is 4.31 Å². The van der Waals surface area contributed by atoms with Crippen LogP contribution >= 0.6 is 27.5 Å². The minimum atomic E-state index is -3.72. The molecule has 138 valence electrons. The number of anilines is 1. The normalized spacial score (nSPS) is 11.6. The van der Waals surface area contributed by atoms with Gasteiger partial charge in [0.05, 0.1) is 17.6 Å². The molecule has 3 aromatic rings. The second-order valence-electron chi connectivity index (χ2n) is 5.87. The molecule has 0 aliphatic heterocycles. The predicted molar refractivity (Wildman–Crippen MR) is 116 cm³/mol. The van der Waals surface area contributed by atoms with Gasteiger partial charge in [-0.15, -0.1) is 0 Å². The van der Waals surface area contributed by atoms with Crippen molar-refractivity contribution in [2.24, 2.45) is 0 Å². The Kier molecular flexibility index (Phi) is 6.37. The Labute approximate surface area is 173 Å². The molecule has 0 heterocycles. The number of halogens is 2. The lowest BCUT2D eigenvalue weighted by atomic mass is 10.2. The highest BCUT2D eigenvalue weighted by Gasteiger charge is 2.20. The summed E-state index contributed by atoms with van der Waals surface area (Å²) in [6, 6.07) is 23.7. The van der Waals surface area contributed by atoms with Crippen LogP contribution in [0.15, 0.2) is 88.7 Å². The van der Waals surface area contributed by atoms with Gasteiger partial charge < -0.3 is 0 Å². The molecule has 0 fully saturated rings. The molecule has 0 amide bonds. The standard InChI is InChI=1S/C21H17BrClNO2S/c22-19-9-4-8-17(14-19)12-13-27(25,26)24(16-18-6-2-1-3-7-18)21-11-5-10-20(23)15-21/h1-15H,16H2. The van der Waals surface area contributed by atoms with Gasteiger partial charge >= 0.3 is 0 Å². The monoisotopic (exact) mass is 461 g/mol. The molecular formula is C21H17BrClNO2S. The summed E-state index contributed by atoms with van der Waals surface area (Å²) >= 11 is 9.48. The molecule has 0 bridgehead atoms. The Bertz CT molecular complexity index is 1050. The third kappa shape index (κ3) is 5.45. The number of nitrogens with zero attached hydrogens (tertiary/aromatic N) is 1. The first-order valence-corrected chi connectivity index (χ1v) is 10.9. The lowest BCUT2D eigenvalue weighted by Gasteiger charge is -2.23. The third-order valence-electron chi connectivity index (χ3n) is 3.85. The molecule has 0 unspecified atom stereocenters. The SMILES string of the molecule is O=S(=O)(C=Cc1cccc(Br)c1)N(Cc1ccccc1)c1cccc(Cl)c1. The van der Waals surface area contributed by atoms with Crippen molar-refractivity contribution in [3.05, 3.63) is 105 Å². The highest BCUT2D eigenvalue weighted by atomic mass is 79.9. The fraction of sp³-hybridized carbons (Fsp3) is 0.0476. The van der Waals surface area contributed by atoms with E-state index in [0.29, 0.717) is 10.7 Å². The zero-order valence-corrected chi connectivity index (χ0v) is 17.5. The van der Waals surface area contributed by atoms with Crippen LogP contribution in [0.4, 0.5) is 5.69 Å². The average Bonchev–Trinajstić information content (AvgIpc) is 2.65. The molecule has 3 rings (SSSR count). The van der Waals surface area contributed by atoms with E-state index in [1.54, 1.807) is 30.3 Å². The maximum atomic E-state index is 13.1. The van der Waals surface area contributed by atoms with Gasteiger partial charge in [0.2, 0.25) is 0 Å². The van der Waals surface area contributed by atoms with E-state index >= 15 is 0 Å². The van der Waals surface area contributed by atoms with Crippen LogP contribution in [0.2, 0.25) is 5.02 Å². The van der Waals surface area contributed by atoms with Gasteiger partial charge in [-0.1, -0.05) is 76.1 Å². The Balaban J connectivity index is 1.97. The summed E-state index contributed by atoms with van der Waals surface area (Å²) in [5.74, 6) is 0. The van der Waals surface area contributed by atoms with Crippen molar-refractivity contribution in [1.82, 2.24) is 0 Å². The molecule has 0 saturated carbocycles. The Morgan fingerprint density at radius 3 is 2.37 bits per heavy atom. The van der Waals surface area contributed by atoms with Crippen LogP contribution in [0, 0.1) is 0 Å². The van der Waals surface area contributed by atoms with Crippen LogP contribution in [0.25, 0.3) is 6.08 Å². The topological polar surface area (TPSA) is 37.4 Å². The van der Waals surface area contributed by atoms with Crippen molar-refractivity contribution in [3.63, 3.8) is 0 Å². The lowest BCUT2D eigenvalue weighted by Crippen LogP contribution is -2.28. The summed E-state index contributed by atoms with van der Waals surface area (Å²) in [5, 5.41) is 1.70. The van der Waals surface area contributed by atoms with Gasteiger partial charge in [-0.05, 0) is 47.5 Å². The first-order valence-electron chi connectivity index (χ1n) is 8.20. The van der Waals surface area contributed by atoms with Crippen LogP contribution in [0.1, 0.15) is 11.1 Å². The quantitative estimate of drug-likeness (QED) is 0.443. The second-order valence-corrected chi connectivity index (χ2v) is 8.97. The molecule has 3 nitrogen and oxygen atoms in total. The van der Waals surface area contributed by atoms with E-state index < -0.39 is 10.0 Å². The van der Waals surface area contributed by atoms with Gasteiger partial charge in [-0.25, -0.2) is 8.42 Å². The fourth-order valence-electron chi connectivity index (χ4n) is 2.56. The predicted octanol–water partition coefficient (Wildman–Crippen LogP) is 6.11. The van der Waals surface area contributed by atoms with Gasteiger partial charge in [0.1, 0.15) is 0 Å². The van der Waals surface area contributed by atoms with E-state index in [0.717, 1.165) is 15.6 Å². The van der Waals surface area contributed by atoms with E-state index in [4.69, 9.17) is 11.6 Å². The van der Waals surface area contributed by atoms with Crippen molar-refractivity contribution < 1.29 is 8.42 Å². The van der Waals surface area contributed by atoms with E-state index in [-0.39, 0.29) is 6.54 Å². The Hall–Kier alpha value is -2.08. The summed E-state index contributed by atoms with van der Waals surface area (Å²) in [6.07, 6.45) is 1.59. The maximum absolute atomic E-state index is 13.1. The number of rotatable bonds is 6. The minimum Gasteiger partial charge on any atom is -0.262 e. The first kappa shape index (κ1) is 19.7. The first-order chi connectivity index (χ1) is 12.9. The molecule has 3 aromatic carbocycles. The van der Waals surface area contributed by atoms with Crippen LogP contribution in [0.5, 0.6) is 0 Å². The molecule has 0 saturated heterocycles. The van der Waals surface area contributed by atoms with Gasteiger partial charge in [0, 0.05) is 9.50 Å². The van der Waals surface area contributed by atoms with E-state index in [1.165, 1.54) is 9.71 Å². The van der Waals surface area contributed by atoms with Crippen molar-refractivity contribution in [3.8, 4) is 0 Å². The van der Waals surface area contributed by atoms with E-state index in [1.807, 2.05) is 54.6 Å². The van der Waals surface area contributed by atoms with Gasteiger partial charge in [0.15, 0.2) is 0 Å². The fourth-order valence-corrected chi connectivity index (χ4v) is 4.37. The van der Waals surface area contributed by atoms with Gasteiger partial charge in [0.25, 0.3) is 10.0 Å². The molecule has 0 spiro atoms. The van der Waals surface area contributed by atoms with Crippen LogP contribution in [0.3, 0.4) is 0 Å². The zero-order chi connectivity index (χ0) is 19.3. The number of sulfonamides is 1. The van der Waals surface area contributed by atoms with Crippen LogP contribution in [-0.2, 0) is 16.6 Å². The summed E-state index contributed by atoms with van der Waals surface area (Å²) < 4.78 is 28.4. The highest BCUT2D eigenvalue weighted by molar-refractivity contribution is 9.10. The Morgan fingerprint density at radius 1 is 0.926 bits per heavy atom. The smallest absolute Gasteiger partial charge is 0.257 e. The number of benzene rings is 3. The minimum absolute atomic E-state index is 0.215. The van der Waals surface area contributed by atoms with E-state index in [2.05, 4.69) is 15.9 Å². The van der Waals surface area contributed by atoms with Crippen molar-refractivity contribution in [2.45, 2.75) is 6.54 Å². The van der Waals surface area contributed by atoms with Crippen molar-refractivity contribution in [1.29, 1.82) is 0 Å². The third-order valence-corrected chi connectivity index (χ3v) is 6.02. The van der Waals surface area contributed by atoms with Crippen molar-refractivity contribution >= 4 is 49.3 Å². The average molecular weight is 463 g/mol.